The van der Waals surface area contributed by atoms with Crippen LogP contribution in [0.25, 0.3) is 0 Å². The van der Waals surface area contributed by atoms with Crippen molar-refractivity contribution in [1.29, 1.82) is 0 Å². The Kier molecular flexibility index (Phi) is 1.79. The van der Waals surface area contributed by atoms with E-state index in [1.807, 2.05) is 13.8 Å². The van der Waals surface area contributed by atoms with E-state index in [0.29, 0.717) is 0 Å². The van der Waals surface area contributed by atoms with Crippen LogP contribution >= 0.6 is 0 Å². The summed E-state index contributed by atoms with van der Waals surface area (Å²) in [5.74, 6) is 0.00574. The molecule has 1 aliphatic rings. The Morgan fingerprint density at radius 2 is 2.20 bits per heavy atom. The van der Waals surface area contributed by atoms with Gasteiger partial charge in [0.2, 0.25) is 0 Å². The van der Waals surface area contributed by atoms with E-state index in [0.717, 1.165) is 6.42 Å². The van der Waals surface area contributed by atoms with Gasteiger partial charge in [-0.1, -0.05) is 11.1 Å². The largest absolute Gasteiger partial charge is 0.469 e. The number of carbonyl (C=O) groups excluding carboxylic acids is 1. The molecule has 1 saturated carbocycles. The predicted molar refractivity (Wildman–Crippen MR) is 38.5 cm³/mol. The van der Waals surface area contributed by atoms with Gasteiger partial charge in [0.25, 0.3) is 0 Å². The third kappa shape index (κ3) is 1.20. The SMILES string of the molecule is COC(=O)[C@H]1CC1=C(C)C. The highest BCUT2D eigenvalue weighted by Crippen LogP contribution is 2.40. The lowest BCUT2D eigenvalue weighted by atomic mass is 10.3. The standard InChI is InChI=1S/C8H12O2/c1-5(2)6-4-7(6)8(9)10-3/h7H,4H2,1-3H3/t7-/m0/s1. The second kappa shape index (κ2) is 2.45. The molecule has 0 aromatic heterocycles. The van der Waals surface area contributed by atoms with E-state index < -0.39 is 0 Å². The molecule has 0 heterocycles. The van der Waals surface area contributed by atoms with Crippen LogP contribution in [0.5, 0.6) is 0 Å². The summed E-state index contributed by atoms with van der Waals surface area (Å²) in [7, 11) is 1.43. The molecule has 2 nitrogen and oxygen atoms in total. The predicted octanol–water partition coefficient (Wildman–Crippen LogP) is 1.52. The third-order valence-corrected chi connectivity index (χ3v) is 1.81. The topological polar surface area (TPSA) is 26.3 Å². The van der Waals surface area contributed by atoms with Crippen molar-refractivity contribution in [2.75, 3.05) is 7.11 Å². The Hall–Kier alpha value is -0.790. The molecule has 56 valence electrons. The number of hydrogen-bond acceptors (Lipinski definition) is 2. The second-order valence-corrected chi connectivity index (χ2v) is 2.81. The van der Waals surface area contributed by atoms with Crippen molar-refractivity contribution in [1.82, 2.24) is 0 Å². The number of ether oxygens (including phenoxy) is 1. The quantitative estimate of drug-likeness (QED) is 0.407. The van der Waals surface area contributed by atoms with Gasteiger partial charge in [-0.25, -0.2) is 0 Å². The number of methoxy groups -OCH3 is 1. The Morgan fingerprint density at radius 3 is 2.50 bits per heavy atom. The minimum absolute atomic E-state index is 0.0869. The van der Waals surface area contributed by atoms with Crippen LogP contribution in [-0.2, 0) is 9.53 Å². The molecule has 0 aliphatic heterocycles. The van der Waals surface area contributed by atoms with Crippen LogP contribution in [0.4, 0.5) is 0 Å². The minimum atomic E-state index is -0.0869. The molecule has 0 amide bonds. The summed E-state index contributed by atoms with van der Waals surface area (Å²) in [5, 5.41) is 0. The smallest absolute Gasteiger partial charge is 0.313 e. The van der Waals surface area contributed by atoms with Crippen molar-refractivity contribution < 1.29 is 9.53 Å². The first kappa shape index (κ1) is 7.32. The van der Waals surface area contributed by atoms with Crippen molar-refractivity contribution in [2.24, 2.45) is 5.92 Å². The lowest BCUT2D eigenvalue weighted by Gasteiger charge is -1.92. The summed E-state index contributed by atoms with van der Waals surface area (Å²) in [6, 6.07) is 0. The summed E-state index contributed by atoms with van der Waals surface area (Å²) < 4.78 is 4.58. The monoisotopic (exact) mass is 140 g/mol. The van der Waals surface area contributed by atoms with Crippen LogP contribution in [0.15, 0.2) is 11.1 Å². The Labute approximate surface area is 60.9 Å². The fraction of sp³-hybridized carbons (Fsp3) is 0.625. The summed E-state index contributed by atoms with van der Waals surface area (Å²) in [4.78, 5) is 10.8. The molecule has 1 atom stereocenters. The number of hydrogen-bond donors (Lipinski definition) is 0. The molecule has 0 aromatic rings. The molecule has 0 radical (unpaired) electrons. The fourth-order valence-corrected chi connectivity index (χ4v) is 1.08. The number of rotatable bonds is 1. The summed E-state index contributed by atoms with van der Waals surface area (Å²) >= 11 is 0. The summed E-state index contributed by atoms with van der Waals surface area (Å²) in [6.07, 6.45) is 0.912. The van der Waals surface area contributed by atoms with Gasteiger partial charge in [-0.3, -0.25) is 4.79 Å². The van der Waals surface area contributed by atoms with E-state index in [2.05, 4.69) is 4.74 Å². The van der Waals surface area contributed by atoms with Crippen LogP contribution in [0.2, 0.25) is 0 Å². The maximum atomic E-state index is 10.8. The van der Waals surface area contributed by atoms with Gasteiger partial charge in [0.15, 0.2) is 0 Å². The van der Waals surface area contributed by atoms with Gasteiger partial charge in [0, 0.05) is 0 Å². The number of esters is 1. The maximum absolute atomic E-state index is 10.8. The van der Waals surface area contributed by atoms with Crippen molar-refractivity contribution >= 4 is 5.97 Å². The van der Waals surface area contributed by atoms with Crippen molar-refractivity contribution in [3.63, 3.8) is 0 Å². The van der Waals surface area contributed by atoms with E-state index in [4.69, 9.17) is 0 Å². The molecule has 0 aromatic carbocycles. The van der Waals surface area contributed by atoms with Crippen molar-refractivity contribution in [3.8, 4) is 0 Å². The molecule has 1 rings (SSSR count). The molecular weight excluding hydrogens is 128 g/mol. The molecule has 0 N–H and O–H groups in total. The van der Waals surface area contributed by atoms with Crippen LogP contribution in [0.1, 0.15) is 20.3 Å². The van der Waals surface area contributed by atoms with Crippen molar-refractivity contribution in [3.05, 3.63) is 11.1 Å². The average Bonchev–Trinajstić information content (AvgIpc) is 2.64. The van der Waals surface area contributed by atoms with E-state index in [1.165, 1.54) is 18.3 Å². The zero-order chi connectivity index (χ0) is 7.72. The van der Waals surface area contributed by atoms with Crippen molar-refractivity contribution in [2.45, 2.75) is 20.3 Å². The normalized spacial score (nSPS) is 22.3. The number of allylic oxidation sites excluding steroid dienone is 1. The molecule has 1 fully saturated rings. The summed E-state index contributed by atoms with van der Waals surface area (Å²) in [6.45, 7) is 4.05. The third-order valence-electron chi connectivity index (χ3n) is 1.81. The van der Waals surface area contributed by atoms with E-state index in [9.17, 15) is 4.79 Å². The zero-order valence-electron chi connectivity index (χ0n) is 6.60. The van der Waals surface area contributed by atoms with E-state index in [1.54, 1.807) is 0 Å². The molecule has 10 heavy (non-hydrogen) atoms. The van der Waals surface area contributed by atoms with E-state index >= 15 is 0 Å². The lowest BCUT2D eigenvalue weighted by molar-refractivity contribution is -0.141. The second-order valence-electron chi connectivity index (χ2n) is 2.81. The maximum Gasteiger partial charge on any atom is 0.313 e. The highest BCUT2D eigenvalue weighted by atomic mass is 16.5. The Balaban J connectivity index is 2.54. The van der Waals surface area contributed by atoms with Crippen LogP contribution in [-0.4, -0.2) is 13.1 Å². The van der Waals surface area contributed by atoms with Crippen LogP contribution in [0, 0.1) is 5.92 Å². The average molecular weight is 140 g/mol. The zero-order valence-corrected chi connectivity index (χ0v) is 6.60. The molecule has 0 spiro atoms. The first-order valence-corrected chi connectivity index (χ1v) is 3.41. The first-order chi connectivity index (χ1) is 4.66. The van der Waals surface area contributed by atoms with Gasteiger partial charge in [0.1, 0.15) is 0 Å². The lowest BCUT2D eigenvalue weighted by Crippen LogP contribution is -2.01. The fourth-order valence-electron chi connectivity index (χ4n) is 1.08. The van der Waals surface area contributed by atoms with Gasteiger partial charge >= 0.3 is 5.97 Å². The molecular formula is C8H12O2. The van der Waals surface area contributed by atoms with Gasteiger partial charge in [-0.15, -0.1) is 0 Å². The van der Waals surface area contributed by atoms with Gasteiger partial charge in [0.05, 0.1) is 13.0 Å². The molecule has 0 unspecified atom stereocenters. The molecule has 0 saturated heterocycles. The minimum Gasteiger partial charge on any atom is -0.469 e. The highest BCUT2D eigenvalue weighted by Gasteiger charge is 2.38. The molecule has 1 aliphatic carbocycles. The summed E-state index contributed by atoms with van der Waals surface area (Å²) in [5.41, 5.74) is 2.52. The van der Waals surface area contributed by atoms with Gasteiger partial charge < -0.3 is 4.74 Å². The van der Waals surface area contributed by atoms with Crippen LogP contribution in [0.3, 0.4) is 0 Å². The molecule has 0 bridgehead atoms. The van der Waals surface area contributed by atoms with Crippen LogP contribution < -0.4 is 0 Å². The van der Waals surface area contributed by atoms with Gasteiger partial charge in [-0.05, 0) is 20.3 Å². The van der Waals surface area contributed by atoms with Gasteiger partial charge in [-0.2, -0.15) is 0 Å². The Morgan fingerprint density at radius 1 is 1.60 bits per heavy atom. The van der Waals surface area contributed by atoms with E-state index in [-0.39, 0.29) is 11.9 Å². The first-order valence-electron chi connectivity index (χ1n) is 3.41. The highest BCUT2D eigenvalue weighted by molar-refractivity contribution is 5.81. The Bertz CT molecular complexity index is 187. The molecule has 2 heteroatoms. The number of carbonyl (C=O) groups is 1.